The molecule has 2 rings (SSSR count). The number of hydrogen-bond donors (Lipinski definition) is 1. The van der Waals surface area contributed by atoms with Crippen LogP contribution < -0.4 is 5.32 Å². The molecule has 98 valence electrons. The molecule has 0 spiro atoms. The van der Waals surface area contributed by atoms with Crippen molar-refractivity contribution in [3.8, 4) is 0 Å². The summed E-state index contributed by atoms with van der Waals surface area (Å²) in [6, 6.07) is 4.52. The first kappa shape index (κ1) is 13.5. The summed E-state index contributed by atoms with van der Waals surface area (Å²) in [5, 5.41) is 3.04. The van der Waals surface area contributed by atoms with Crippen molar-refractivity contribution in [1.82, 2.24) is 5.32 Å². The highest BCUT2D eigenvalue weighted by Crippen LogP contribution is 2.28. The van der Waals surface area contributed by atoms with E-state index in [9.17, 15) is 9.18 Å². The lowest BCUT2D eigenvalue weighted by atomic mass is 9.83. The summed E-state index contributed by atoms with van der Waals surface area (Å²) in [4.78, 5) is 12.2. The molecule has 1 aromatic carbocycles. The molecule has 1 amide bonds. The molecule has 1 aliphatic carbocycles. The predicted octanol–water partition coefficient (Wildman–Crippen LogP) is 4.04. The van der Waals surface area contributed by atoms with Crippen LogP contribution in [0.2, 0.25) is 0 Å². The molecule has 18 heavy (non-hydrogen) atoms. The van der Waals surface area contributed by atoms with Gasteiger partial charge in [-0.05, 0) is 47.8 Å². The van der Waals surface area contributed by atoms with Gasteiger partial charge in [-0.2, -0.15) is 0 Å². The minimum atomic E-state index is -0.406. The Bertz CT molecular complexity index is 455. The lowest BCUT2D eigenvalue weighted by Gasteiger charge is -2.34. The Labute approximate surface area is 115 Å². The zero-order chi connectivity index (χ0) is 13.2. The molecule has 1 aromatic rings. The van der Waals surface area contributed by atoms with E-state index in [1.165, 1.54) is 12.5 Å². The Kier molecular flexibility index (Phi) is 4.05. The van der Waals surface area contributed by atoms with Crippen molar-refractivity contribution < 1.29 is 9.18 Å². The van der Waals surface area contributed by atoms with Crippen LogP contribution in [0.3, 0.4) is 0 Å². The molecule has 0 bridgehead atoms. The van der Waals surface area contributed by atoms with Crippen LogP contribution in [0.25, 0.3) is 0 Å². The van der Waals surface area contributed by atoms with Crippen molar-refractivity contribution in [2.24, 2.45) is 0 Å². The Morgan fingerprint density at radius 3 is 2.67 bits per heavy atom. The topological polar surface area (TPSA) is 29.1 Å². The summed E-state index contributed by atoms with van der Waals surface area (Å²) in [7, 11) is 0. The molecular formula is C14H17BrFNO. The van der Waals surface area contributed by atoms with Crippen molar-refractivity contribution in [1.29, 1.82) is 0 Å². The van der Waals surface area contributed by atoms with Crippen LogP contribution in [0.4, 0.5) is 4.39 Å². The number of carbonyl (C=O) groups excluding carboxylic acids is 1. The zero-order valence-corrected chi connectivity index (χ0v) is 12.0. The van der Waals surface area contributed by atoms with Gasteiger partial charge in [0.15, 0.2) is 0 Å². The van der Waals surface area contributed by atoms with Crippen LogP contribution in [-0.2, 0) is 0 Å². The third kappa shape index (κ3) is 2.91. The van der Waals surface area contributed by atoms with Crippen molar-refractivity contribution in [3.63, 3.8) is 0 Å². The molecule has 1 N–H and O–H groups in total. The van der Waals surface area contributed by atoms with Gasteiger partial charge in [-0.15, -0.1) is 0 Å². The second-order valence-electron chi connectivity index (χ2n) is 5.18. The van der Waals surface area contributed by atoms with Crippen LogP contribution >= 0.6 is 15.9 Å². The van der Waals surface area contributed by atoms with E-state index in [0.29, 0.717) is 5.56 Å². The predicted molar refractivity (Wildman–Crippen MR) is 73.1 cm³/mol. The molecule has 0 aromatic heterocycles. The smallest absolute Gasteiger partial charge is 0.252 e. The maximum absolute atomic E-state index is 13.4. The van der Waals surface area contributed by atoms with Gasteiger partial charge in [0.25, 0.3) is 5.91 Å². The fourth-order valence-corrected chi connectivity index (χ4v) is 2.92. The molecule has 1 aliphatic rings. The van der Waals surface area contributed by atoms with E-state index in [0.717, 1.165) is 25.7 Å². The molecule has 1 saturated carbocycles. The van der Waals surface area contributed by atoms with E-state index in [1.54, 1.807) is 12.1 Å². The number of carbonyl (C=O) groups is 1. The van der Waals surface area contributed by atoms with E-state index in [4.69, 9.17) is 0 Å². The molecule has 4 heteroatoms. The fraction of sp³-hybridized carbons (Fsp3) is 0.500. The van der Waals surface area contributed by atoms with E-state index >= 15 is 0 Å². The van der Waals surface area contributed by atoms with E-state index < -0.39 is 5.82 Å². The first-order chi connectivity index (χ1) is 8.52. The summed E-state index contributed by atoms with van der Waals surface area (Å²) in [5.74, 6) is -0.609. The number of hydrogen-bond acceptors (Lipinski definition) is 1. The average molecular weight is 314 g/mol. The van der Waals surface area contributed by atoms with E-state index in [2.05, 4.69) is 28.2 Å². The molecule has 0 unspecified atom stereocenters. The maximum atomic E-state index is 13.4. The highest BCUT2D eigenvalue weighted by atomic mass is 79.9. The molecule has 0 heterocycles. The highest BCUT2D eigenvalue weighted by molar-refractivity contribution is 9.10. The first-order valence-corrected chi connectivity index (χ1v) is 7.08. The number of halogens is 2. The first-order valence-electron chi connectivity index (χ1n) is 6.28. The highest BCUT2D eigenvalue weighted by Gasteiger charge is 2.29. The molecule has 2 nitrogen and oxygen atoms in total. The van der Waals surface area contributed by atoms with Gasteiger partial charge in [-0.1, -0.05) is 25.3 Å². The van der Waals surface area contributed by atoms with Gasteiger partial charge < -0.3 is 5.32 Å². The number of benzene rings is 1. The Morgan fingerprint density at radius 1 is 1.33 bits per heavy atom. The summed E-state index contributed by atoms with van der Waals surface area (Å²) < 4.78 is 13.6. The summed E-state index contributed by atoms with van der Waals surface area (Å²) in [5.41, 5.74) is 0.211. The van der Waals surface area contributed by atoms with Gasteiger partial charge in [0.1, 0.15) is 5.82 Å². The van der Waals surface area contributed by atoms with Crippen LogP contribution in [0.5, 0.6) is 0 Å². The molecule has 0 aliphatic heterocycles. The average Bonchev–Trinajstić information content (AvgIpc) is 2.33. The van der Waals surface area contributed by atoms with E-state index in [-0.39, 0.29) is 15.9 Å². The van der Waals surface area contributed by atoms with Crippen LogP contribution in [-0.4, -0.2) is 11.4 Å². The van der Waals surface area contributed by atoms with Crippen LogP contribution in [0.15, 0.2) is 22.7 Å². The standard InChI is InChI=1S/C14H17BrFNO/c1-14(8-3-2-4-9-14)17-13(18)10-6-5-7-11(16)12(10)15/h5-7H,2-4,8-9H2,1H3,(H,17,18). The summed E-state index contributed by atoms with van der Waals surface area (Å²) >= 11 is 3.13. The van der Waals surface area contributed by atoms with Crippen LogP contribution in [0.1, 0.15) is 49.4 Å². The Balaban J connectivity index is 2.14. The van der Waals surface area contributed by atoms with Crippen molar-refractivity contribution in [2.45, 2.75) is 44.6 Å². The number of nitrogens with one attached hydrogen (secondary N) is 1. The molecule has 0 saturated heterocycles. The molecule has 1 fully saturated rings. The second-order valence-corrected chi connectivity index (χ2v) is 5.97. The summed E-state index contributed by atoms with van der Waals surface area (Å²) in [6.07, 6.45) is 5.49. The fourth-order valence-electron chi connectivity index (χ4n) is 2.48. The van der Waals surface area contributed by atoms with Gasteiger partial charge in [-0.3, -0.25) is 4.79 Å². The minimum absolute atomic E-state index is 0.152. The summed E-state index contributed by atoms with van der Waals surface area (Å²) in [6.45, 7) is 2.07. The van der Waals surface area contributed by atoms with Gasteiger partial charge >= 0.3 is 0 Å². The maximum Gasteiger partial charge on any atom is 0.252 e. The third-order valence-corrected chi connectivity index (χ3v) is 4.37. The van der Waals surface area contributed by atoms with Gasteiger partial charge in [0.2, 0.25) is 0 Å². The number of rotatable bonds is 2. The van der Waals surface area contributed by atoms with E-state index in [1.807, 2.05) is 0 Å². The zero-order valence-electron chi connectivity index (χ0n) is 10.4. The normalized spacial score (nSPS) is 18.4. The lowest BCUT2D eigenvalue weighted by molar-refractivity contribution is 0.0881. The lowest BCUT2D eigenvalue weighted by Crippen LogP contribution is -2.47. The molecule has 0 atom stereocenters. The largest absolute Gasteiger partial charge is 0.347 e. The van der Waals surface area contributed by atoms with Crippen molar-refractivity contribution in [2.75, 3.05) is 0 Å². The minimum Gasteiger partial charge on any atom is -0.347 e. The van der Waals surface area contributed by atoms with Crippen LogP contribution in [0, 0.1) is 5.82 Å². The van der Waals surface area contributed by atoms with Crippen molar-refractivity contribution in [3.05, 3.63) is 34.1 Å². The Hall–Kier alpha value is -0.900. The monoisotopic (exact) mass is 313 g/mol. The van der Waals surface area contributed by atoms with Crippen molar-refractivity contribution >= 4 is 21.8 Å². The van der Waals surface area contributed by atoms with Gasteiger partial charge in [0, 0.05) is 5.54 Å². The third-order valence-electron chi connectivity index (χ3n) is 3.57. The SMILES string of the molecule is CC1(NC(=O)c2cccc(F)c2Br)CCCCC1. The second kappa shape index (κ2) is 5.39. The van der Waals surface area contributed by atoms with Gasteiger partial charge in [-0.25, -0.2) is 4.39 Å². The molecular weight excluding hydrogens is 297 g/mol. The number of amides is 1. The quantitative estimate of drug-likeness (QED) is 0.877. The Morgan fingerprint density at radius 2 is 2.00 bits per heavy atom. The van der Waals surface area contributed by atoms with Gasteiger partial charge in [0.05, 0.1) is 10.0 Å². The molecule has 0 radical (unpaired) electrons.